The van der Waals surface area contributed by atoms with Gasteiger partial charge in [0, 0.05) is 11.8 Å². The van der Waals surface area contributed by atoms with E-state index in [-0.39, 0.29) is 33.7 Å². The zero-order valence-corrected chi connectivity index (χ0v) is 15.6. The van der Waals surface area contributed by atoms with Crippen LogP contribution in [0.1, 0.15) is 12.5 Å². The van der Waals surface area contributed by atoms with Crippen molar-refractivity contribution in [3.05, 3.63) is 41.0 Å². The van der Waals surface area contributed by atoms with Crippen LogP contribution in [0.5, 0.6) is 5.75 Å². The summed E-state index contributed by atoms with van der Waals surface area (Å²) in [5.74, 6) is -1.39. The van der Waals surface area contributed by atoms with Crippen LogP contribution in [0.25, 0.3) is 22.8 Å². The Morgan fingerprint density at radius 3 is 2.47 bits per heavy atom. The number of nitrogen functional groups attached to an aromatic ring is 1. The molecule has 1 atom stereocenters. The molecule has 0 saturated carbocycles. The highest BCUT2D eigenvalue weighted by Gasteiger charge is 2.41. The average Bonchev–Trinajstić information content (AvgIpc) is 3.12. The first-order valence-electron chi connectivity index (χ1n) is 8.06. The lowest BCUT2D eigenvalue weighted by Gasteiger charge is -2.20. The molecular weight excluding hydrogens is 442 g/mol. The summed E-state index contributed by atoms with van der Waals surface area (Å²) in [4.78, 5) is 7.77. The van der Waals surface area contributed by atoms with Crippen molar-refractivity contribution in [2.45, 2.75) is 25.4 Å². The molecule has 0 fully saturated rings. The number of hydrogen-bond acceptors (Lipinski definition) is 6. The molecule has 0 saturated heterocycles. The predicted octanol–water partition coefficient (Wildman–Crippen LogP) is 5.38. The van der Waals surface area contributed by atoms with Crippen LogP contribution in [0, 0.1) is 0 Å². The minimum absolute atomic E-state index is 0.00705. The molecule has 0 unspecified atom stereocenters. The summed E-state index contributed by atoms with van der Waals surface area (Å²) in [6.45, 7) is 0.599. The highest BCUT2D eigenvalue weighted by molar-refractivity contribution is 6.30. The number of nitrogens with two attached hydrogens (primary N) is 1. The Balaban J connectivity index is 2.00. The summed E-state index contributed by atoms with van der Waals surface area (Å²) in [5.41, 5.74) is 4.27. The van der Waals surface area contributed by atoms with E-state index in [0.29, 0.717) is 13.0 Å². The highest BCUT2D eigenvalue weighted by atomic mass is 35.5. The highest BCUT2D eigenvalue weighted by Crippen LogP contribution is 2.40. The second kappa shape index (κ2) is 7.67. The van der Waals surface area contributed by atoms with Gasteiger partial charge in [0.05, 0.1) is 16.1 Å². The van der Waals surface area contributed by atoms with Crippen molar-refractivity contribution >= 4 is 17.4 Å². The van der Waals surface area contributed by atoms with Gasteiger partial charge in [-0.05, 0) is 31.2 Å². The molecule has 13 heteroatoms. The zero-order valence-electron chi connectivity index (χ0n) is 14.8. The fourth-order valence-corrected chi connectivity index (χ4v) is 2.48. The molecule has 0 radical (unpaired) electrons. The SMILES string of the molecule is C[C@H](Oc1ccc(-c2nc(-c3cc(Cl)cnc3N)no2)cc1C(F)(F)F)C(F)(F)F. The molecule has 0 amide bonds. The summed E-state index contributed by atoms with van der Waals surface area (Å²) in [7, 11) is 0. The fourth-order valence-electron chi connectivity index (χ4n) is 2.32. The van der Waals surface area contributed by atoms with E-state index >= 15 is 0 Å². The summed E-state index contributed by atoms with van der Waals surface area (Å²) < 4.78 is 87.6. The normalized spacial score (nSPS) is 13.3. The molecule has 160 valence electrons. The Hall–Kier alpha value is -3.02. The van der Waals surface area contributed by atoms with E-state index in [1.807, 2.05) is 0 Å². The number of aromatic nitrogens is 3. The molecule has 1 aromatic carbocycles. The monoisotopic (exact) mass is 452 g/mol. The van der Waals surface area contributed by atoms with Crippen LogP contribution in [0.3, 0.4) is 0 Å². The molecule has 0 bridgehead atoms. The van der Waals surface area contributed by atoms with Gasteiger partial charge in [0.15, 0.2) is 6.10 Å². The molecule has 6 nitrogen and oxygen atoms in total. The van der Waals surface area contributed by atoms with Crippen molar-refractivity contribution in [3.8, 4) is 28.6 Å². The molecule has 0 aliphatic carbocycles. The number of ether oxygens (including phenoxy) is 1. The van der Waals surface area contributed by atoms with Gasteiger partial charge in [-0.3, -0.25) is 0 Å². The van der Waals surface area contributed by atoms with Crippen molar-refractivity contribution in [3.63, 3.8) is 0 Å². The summed E-state index contributed by atoms with van der Waals surface area (Å²) in [5, 5.41) is 3.85. The van der Waals surface area contributed by atoms with Crippen LogP contribution in [0.4, 0.5) is 32.2 Å². The molecule has 3 aromatic rings. The minimum atomic E-state index is -5.00. The second-order valence-corrected chi connectivity index (χ2v) is 6.46. The van der Waals surface area contributed by atoms with Gasteiger partial charge >= 0.3 is 12.4 Å². The topological polar surface area (TPSA) is 87.1 Å². The number of benzene rings is 1. The second-order valence-electron chi connectivity index (χ2n) is 6.02. The van der Waals surface area contributed by atoms with Crippen LogP contribution >= 0.6 is 11.6 Å². The van der Waals surface area contributed by atoms with Crippen molar-refractivity contribution in [2.75, 3.05) is 5.73 Å². The standard InChI is InChI=1S/C17H11ClF6N4O2/c1-7(16(19,20)21)29-12-3-2-8(4-11(12)17(22,23)24)15-27-14(28-30-15)10-5-9(18)6-26-13(10)25/h2-7H,1H3,(H2,25,26)/t7-/m0/s1. The maximum absolute atomic E-state index is 13.4. The first kappa shape index (κ1) is 21.7. The molecule has 0 aliphatic heterocycles. The first-order valence-corrected chi connectivity index (χ1v) is 8.44. The quantitative estimate of drug-likeness (QED) is 0.535. The van der Waals surface area contributed by atoms with E-state index < -0.39 is 29.8 Å². The summed E-state index contributed by atoms with van der Waals surface area (Å²) >= 11 is 5.83. The fraction of sp³-hybridized carbons (Fsp3) is 0.235. The van der Waals surface area contributed by atoms with Crippen LogP contribution in [0.2, 0.25) is 5.02 Å². The smallest absolute Gasteiger partial charge is 0.425 e. The van der Waals surface area contributed by atoms with Gasteiger partial charge in [0.1, 0.15) is 11.6 Å². The lowest BCUT2D eigenvalue weighted by Crippen LogP contribution is -2.31. The largest absolute Gasteiger partial charge is 0.481 e. The number of nitrogens with zero attached hydrogens (tertiary/aromatic N) is 3. The molecule has 0 aliphatic rings. The van der Waals surface area contributed by atoms with E-state index in [9.17, 15) is 26.3 Å². The predicted molar refractivity (Wildman–Crippen MR) is 93.5 cm³/mol. The van der Waals surface area contributed by atoms with Crippen LogP contribution in [-0.2, 0) is 6.18 Å². The molecular formula is C17H11ClF6N4O2. The van der Waals surface area contributed by atoms with Gasteiger partial charge in [0.25, 0.3) is 5.89 Å². The zero-order chi connectivity index (χ0) is 22.3. The average molecular weight is 453 g/mol. The third-order valence-corrected chi connectivity index (χ3v) is 4.06. The Kier molecular flexibility index (Phi) is 5.54. The van der Waals surface area contributed by atoms with Crippen molar-refractivity contribution < 1.29 is 35.6 Å². The Morgan fingerprint density at radius 1 is 1.13 bits per heavy atom. The molecule has 2 N–H and O–H groups in total. The first-order chi connectivity index (χ1) is 13.9. The third kappa shape index (κ3) is 4.58. The van der Waals surface area contributed by atoms with Crippen molar-refractivity contribution in [1.29, 1.82) is 0 Å². The number of hydrogen-bond donors (Lipinski definition) is 1. The van der Waals surface area contributed by atoms with E-state index in [1.54, 1.807) is 0 Å². The lowest BCUT2D eigenvalue weighted by atomic mass is 10.1. The van der Waals surface area contributed by atoms with Crippen molar-refractivity contribution in [2.24, 2.45) is 0 Å². The lowest BCUT2D eigenvalue weighted by molar-refractivity contribution is -0.191. The third-order valence-electron chi connectivity index (χ3n) is 3.85. The van der Waals surface area contributed by atoms with Gasteiger partial charge in [-0.2, -0.15) is 31.3 Å². The maximum atomic E-state index is 13.4. The Labute approximate surface area is 169 Å². The Bertz CT molecular complexity index is 1070. The van der Waals surface area contributed by atoms with Crippen LogP contribution < -0.4 is 10.5 Å². The van der Waals surface area contributed by atoms with E-state index in [2.05, 4.69) is 19.9 Å². The summed E-state index contributed by atoms with van der Waals surface area (Å²) in [6.07, 6.45) is -11.0. The van der Waals surface area contributed by atoms with Gasteiger partial charge in [-0.15, -0.1) is 0 Å². The summed E-state index contributed by atoms with van der Waals surface area (Å²) in [6, 6.07) is 3.74. The number of pyridine rings is 1. The van der Waals surface area contributed by atoms with Crippen LogP contribution in [-0.4, -0.2) is 27.4 Å². The number of anilines is 1. The molecule has 2 aromatic heterocycles. The molecule has 30 heavy (non-hydrogen) atoms. The molecule has 2 heterocycles. The number of alkyl halides is 6. The van der Waals surface area contributed by atoms with Gasteiger partial charge in [-0.1, -0.05) is 16.8 Å². The van der Waals surface area contributed by atoms with Crippen molar-refractivity contribution in [1.82, 2.24) is 15.1 Å². The van der Waals surface area contributed by atoms with Gasteiger partial charge in [-0.25, -0.2) is 4.98 Å². The van der Waals surface area contributed by atoms with E-state index in [0.717, 1.165) is 12.1 Å². The van der Waals surface area contributed by atoms with Gasteiger partial charge in [0.2, 0.25) is 5.82 Å². The Morgan fingerprint density at radius 2 is 1.83 bits per heavy atom. The number of halogens is 7. The maximum Gasteiger partial charge on any atom is 0.425 e. The van der Waals surface area contributed by atoms with Gasteiger partial charge < -0.3 is 15.0 Å². The van der Waals surface area contributed by atoms with Crippen LogP contribution in [0.15, 0.2) is 35.0 Å². The van der Waals surface area contributed by atoms with E-state index in [4.69, 9.17) is 21.9 Å². The minimum Gasteiger partial charge on any atom is -0.481 e. The molecule has 3 rings (SSSR count). The van der Waals surface area contributed by atoms with E-state index in [1.165, 1.54) is 12.3 Å². The molecule has 0 spiro atoms. The number of rotatable bonds is 4.